The van der Waals surface area contributed by atoms with Gasteiger partial charge in [0.1, 0.15) is 4.90 Å². The van der Waals surface area contributed by atoms with Crippen molar-refractivity contribution in [2.75, 3.05) is 0 Å². The fourth-order valence-electron chi connectivity index (χ4n) is 2.05. The van der Waals surface area contributed by atoms with E-state index in [1.165, 1.54) is 0 Å². The number of hydrogen-bond donors (Lipinski definition) is 1. The average Bonchev–Trinajstić information content (AvgIpc) is 2.38. The molecule has 19 heavy (non-hydrogen) atoms. The van der Waals surface area contributed by atoms with Crippen LogP contribution in [0, 0.1) is 0 Å². The molecule has 4 heteroatoms. The van der Waals surface area contributed by atoms with Crippen molar-refractivity contribution in [1.29, 1.82) is 0 Å². The fraction of sp³-hybridized carbons (Fsp3) is 0.0667. The molecule has 0 aromatic heterocycles. The first-order valence-electron chi connectivity index (χ1n) is 5.79. The molecule has 98 valence electrons. The summed E-state index contributed by atoms with van der Waals surface area (Å²) in [4.78, 5) is -0.0406. The molecule has 2 aromatic carbocycles. The zero-order valence-corrected chi connectivity index (χ0v) is 11.1. The molecule has 0 saturated heterocycles. The van der Waals surface area contributed by atoms with E-state index in [0.717, 1.165) is 5.56 Å². The second-order valence-electron chi connectivity index (χ2n) is 4.13. The third-order valence-electron chi connectivity index (χ3n) is 2.80. The first-order valence-corrected chi connectivity index (χ1v) is 7.23. The van der Waals surface area contributed by atoms with Gasteiger partial charge >= 0.3 is 0 Å². The predicted octanol–water partition coefficient (Wildman–Crippen LogP) is 3.33. The molecule has 0 fully saturated rings. The van der Waals surface area contributed by atoms with Crippen LogP contribution in [0.4, 0.5) is 0 Å². The summed E-state index contributed by atoms with van der Waals surface area (Å²) in [6.45, 7) is 3.61. The summed E-state index contributed by atoms with van der Waals surface area (Å²) in [5, 5.41) is 0. The van der Waals surface area contributed by atoms with Gasteiger partial charge in [0.2, 0.25) is 0 Å². The van der Waals surface area contributed by atoms with E-state index in [0.29, 0.717) is 17.5 Å². The summed E-state index contributed by atoms with van der Waals surface area (Å²) in [7, 11) is -4.28. The lowest BCUT2D eigenvalue weighted by Crippen LogP contribution is -2.05. The third-order valence-corrected chi connectivity index (χ3v) is 3.80. The second-order valence-corrected chi connectivity index (χ2v) is 5.49. The van der Waals surface area contributed by atoms with Gasteiger partial charge in [0.25, 0.3) is 10.1 Å². The summed E-state index contributed by atoms with van der Waals surface area (Å²) in [5.41, 5.74) is 1.79. The van der Waals surface area contributed by atoms with E-state index < -0.39 is 10.1 Å². The van der Waals surface area contributed by atoms with Crippen molar-refractivity contribution in [3.8, 4) is 11.1 Å². The maximum Gasteiger partial charge on any atom is 0.295 e. The van der Waals surface area contributed by atoms with E-state index in [-0.39, 0.29) is 4.90 Å². The highest BCUT2D eigenvalue weighted by Gasteiger charge is 2.20. The highest BCUT2D eigenvalue weighted by molar-refractivity contribution is 7.86. The zero-order valence-electron chi connectivity index (χ0n) is 10.3. The van der Waals surface area contributed by atoms with Gasteiger partial charge in [-0.3, -0.25) is 4.55 Å². The molecule has 0 atom stereocenters. The molecule has 2 aromatic rings. The molecule has 0 spiro atoms. The first kappa shape index (κ1) is 13.5. The Morgan fingerprint density at radius 1 is 1.05 bits per heavy atom. The molecule has 0 aliphatic rings. The zero-order chi connectivity index (χ0) is 13.9. The lowest BCUT2D eigenvalue weighted by molar-refractivity contribution is 0.482. The summed E-state index contributed by atoms with van der Waals surface area (Å²) < 4.78 is 32.8. The molecule has 1 N–H and O–H groups in total. The second kappa shape index (κ2) is 5.38. The Balaban J connectivity index is 2.75. The van der Waals surface area contributed by atoms with E-state index >= 15 is 0 Å². The van der Waals surface area contributed by atoms with Crippen LogP contribution in [-0.2, 0) is 16.5 Å². The van der Waals surface area contributed by atoms with E-state index in [2.05, 4.69) is 6.58 Å². The standard InChI is InChI=1S/C15H14O3S/c1-2-7-13-10-6-11-14(15(13)19(16,17)18)12-8-4-3-5-9-12/h2-6,8-11H,1,7H2,(H,16,17,18). The number of hydrogen-bond acceptors (Lipinski definition) is 2. The molecule has 2 rings (SSSR count). The molecular weight excluding hydrogens is 260 g/mol. The van der Waals surface area contributed by atoms with Crippen LogP contribution in [0.2, 0.25) is 0 Å². The molecule has 0 aliphatic carbocycles. The van der Waals surface area contributed by atoms with Crippen LogP contribution in [0.3, 0.4) is 0 Å². The quantitative estimate of drug-likeness (QED) is 0.687. The van der Waals surface area contributed by atoms with Crippen LogP contribution < -0.4 is 0 Å². The Bertz CT molecular complexity index is 689. The monoisotopic (exact) mass is 274 g/mol. The van der Waals surface area contributed by atoms with E-state index in [1.807, 2.05) is 30.3 Å². The van der Waals surface area contributed by atoms with Crippen LogP contribution in [-0.4, -0.2) is 13.0 Å². The normalized spacial score (nSPS) is 11.2. The molecule has 3 nitrogen and oxygen atoms in total. The lowest BCUT2D eigenvalue weighted by Gasteiger charge is -2.11. The van der Waals surface area contributed by atoms with Gasteiger partial charge in [-0.2, -0.15) is 8.42 Å². The Morgan fingerprint density at radius 2 is 1.74 bits per heavy atom. The Kier molecular flexibility index (Phi) is 3.83. The van der Waals surface area contributed by atoms with Crippen molar-refractivity contribution >= 4 is 10.1 Å². The van der Waals surface area contributed by atoms with Crippen molar-refractivity contribution in [3.05, 3.63) is 66.7 Å². The summed E-state index contributed by atoms with van der Waals surface area (Å²) in [5.74, 6) is 0. The SMILES string of the molecule is C=CCc1cccc(-c2ccccc2)c1S(=O)(=O)O. The minimum Gasteiger partial charge on any atom is -0.282 e. The fourth-order valence-corrected chi connectivity index (χ4v) is 3.00. The Labute approximate surface area is 113 Å². The van der Waals surface area contributed by atoms with Crippen LogP contribution in [0.1, 0.15) is 5.56 Å². The molecule has 0 saturated carbocycles. The number of rotatable bonds is 4. The first-order chi connectivity index (χ1) is 9.04. The molecule has 0 amide bonds. The topological polar surface area (TPSA) is 54.4 Å². The van der Waals surface area contributed by atoms with Crippen LogP contribution >= 0.6 is 0 Å². The van der Waals surface area contributed by atoms with E-state index in [1.54, 1.807) is 24.3 Å². The van der Waals surface area contributed by atoms with Crippen LogP contribution in [0.15, 0.2) is 66.1 Å². The van der Waals surface area contributed by atoms with Gasteiger partial charge in [-0.15, -0.1) is 6.58 Å². The van der Waals surface area contributed by atoms with E-state index in [9.17, 15) is 13.0 Å². The third kappa shape index (κ3) is 2.92. The number of allylic oxidation sites excluding steroid dienone is 1. The van der Waals surface area contributed by atoms with Crippen molar-refractivity contribution in [2.45, 2.75) is 11.3 Å². The molecule has 0 unspecified atom stereocenters. The Hall–Kier alpha value is -1.91. The smallest absolute Gasteiger partial charge is 0.282 e. The highest BCUT2D eigenvalue weighted by Crippen LogP contribution is 2.30. The van der Waals surface area contributed by atoms with Gasteiger partial charge in [0, 0.05) is 5.56 Å². The minimum absolute atomic E-state index is 0.0406. The van der Waals surface area contributed by atoms with Crippen molar-refractivity contribution in [3.63, 3.8) is 0 Å². The van der Waals surface area contributed by atoms with Gasteiger partial charge in [-0.1, -0.05) is 54.6 Å². The van der Waals surface area contributed by atoms with Gasteiger partial charge in [-0.25, -0.2) is 0 Å². The van der Waals surface area contributed by atoms with E-state index in [4.69, 9.17) is 0 Å². The largest absolute Gasteiger partial charge is 0.295 e. The van der Waals surface area contributed by atoms with Gasteiger partial charge in [0.15, 0.2) is 0 Å². The summed E-state index contributed by atoms with van der Waals surface area (Å²) >= 11 is 0. The molecule has 0 heterocycles. The van der Waals surface area contributed by atoms with Gasteiger partial charge in [-0.05, 0) is 17.5 Å². The summed E-state index contributed by atoms with van der Waals surface area (Å²) in [6, 6.07) is 14.2. The maximum absolute atomic E-state index is 11.6. The predicted molar refractivity (Wildman–Crippen MR) is 75.6 cm³/mol. The lowest BCUT2D eigenvalue weighted by atomic mass is 10.0. The average molecular weight is 274 g/mol. The molecule has 0 aliphatic heterocycles. The minimum atomic E-state index is -4.28. The van der Waals surface area contributed by atoms with Crippen molar-refractivity contribution in [1.82, 2.24) is 0 Å². The van der Waals surface area contributed by atoms with Crippen molar-refractivity contribution < 1.29 is 13.0 Å². The van der Waals surface area contributed by atoms with Gasteiger partial charge in [0.05, 0.1) is 0 Å². The summed E-state index contributed by atoms with van der Waals surface area (Å²) in [6.07, 6.45) is 1.99. The molecule has 0 radical (unpaired) electrons. The van der Waals surface area contributed by atoms with Crippen LogP contribution in [0.5, 0.6) is 0 Å². The highest BCUT2D eigenvalue weighted by atomic mass is 32.2. The number of benzene rings is 2. The maximum atomic E-state index is 11.6. The van der Waals surface area contributed by atoms with Crippen LogP contribution in [0.25, 0.3) is 11.1 Å². The van der Waals surface area contributed by atoms with Crippen molar-refractivity contribution in [2.24, 2.45) is 0 Å². The van der Waals surface area contributed by atoms with Gasteiger partial charge < -0.3 is 0 Å². The molecular formula is C15H14O3S. The molecule has 0 bridgehead atoms. The Morgan fingerprint density at radius 3 is 2.32 bits per heavy atom.